The normalized spacial score (nSPS) is 19.1. The highest BCUT2D eigenvalue weighted by atomic mass is 35.5. The van der Waals surface area contributed by atoms with Gasteiger partial charge in [0.1, 0.15) is 16.7 Å². The number of hydrogen-bond donors (Lipinski definition) is 2. The van der Waals surface area contributed by atoms with Crippen LogP contribution in [0.1, 0.15) is 53.1 Å². The molecule has 0 radical (unpaired) electrons. The number of anilines is 1. The second-order valence-corrected chi connectivity index (χ2v) is 7.98. The Morgan fingerprint density at radius 1 is 1.19 bits per heavy atom. The van der Waals surface area contributed by atoms with Gasteiger partial charge in [-0.3, -0.25) is 4.79 Å². The first-order chi connectivity index (χ1) is 15.1. The van der Waals surface area contributed by atoms with Crippen LogP contribution in [0.25, 0.3) is 0 Å². The standard InChI is InChI=1S/C22H19ClF4N4O/c1-12(13-5-3-2-4-6-13)28-21(32)19-18(23)20-29-16(14-7-9-15(24)10-8-14)11-17(22(25,26)27)31(20)30-19/h2-10,12,16-17,29H,11H2,1H3,(H,28,32)/t12-,16+,17+/m0/s1. The number of aromatic nitrogens is 2. The van der Waals surface area contributed by atoms with Crippen LogP contribution in [-0.2, 0) is 0 Å². The van der Waals surface area contributed by atoms with Crippen LogP contribution in [0.4, 0.5) is 23.4 Å². The fourth-order valence-corrected chi connectivity index (χ4v) is 4.00. The smallest absolute Gasteiger partial charge is 0.362 e. The second-order valence-electron chi connectivity index (χ2n) is 7.60. The van der Waals surface area contributed by atoms with Gasteiger partial charge in [-0.2, -0.15) is 18.3 Å². The van der Waals surface area contributed by atoms with Gasteiger partial charge in [0.15, 0.2) is 11.7 Å². The van der Waals surface area contributed by atoms with Crippen LogP contribution in [0, 0.1) is 5.82 Å². The van der Waals surface area contributed by atoms with E-state index in [1.165, 1.54) is 24.3 Å². The number of nitrogens with one attached hydrogen (secondary N) is 2. The first-order valence-electron chi connectivity index (χ1n) is 9.87. The van der Waals surface area contributed by atoms with Crippen molar-refractivity contribution < 1.29 is 22.4 Å². The second kappa shape index (κ2) is 8.46. The lowest BCUT2D eigenvalue weighted by molar-refractivity contribution is -0.173. The van der Waals surface area contributed by atoms with Crippen molar-refractivity contribution >= 4 is 23.3 Å². The molecule has 0 saturated carbocycles. The number of halogens is 5. The summed E-state index contributed by atoms with van der Waals surface area (Å²) in [5.41, 5.74) is 0.988. The van der Waals surface area contributed by atoms with Gasteiger partial charge in [-0.25, -0.2) is 9.07 Å². The maximum absolute atomic E-state index is 13.9. The molecule has 1 aliphatic rings. The minimum absolute atomic E-state index is 0.105. The van der Waals surface area contributed by atoms with Gasteiger partial charge in [0.05, 0.1) is 12.1 Å². The Hall–Kier alpha value is -3.07. The number of fused-ring (bicyclic) bond motifs is 1. The molecule has 1 aromatic heterocycles. The molecule has 10 heteroatoms. The lowest BCUT2D eigenvalue weighted by Crippen LogP contribution is -2.36. The number of benzene rings is 2. The topological polar surface area (TPSA) is 59.0 Å². The van der Waals surface area contributed by atoms with Gasteiger partial charge in [0, 0.05) is 6.42 Å². The van der Waals surface area contributed by atoms with Crippen molar-refractivity contribution in [3.63, 3.8) is 0 Å². The van der Waals surface area contributed by atoms with Crippen molar-refractivity contribution in [3.05, 3.63) is 82.3 Å². The zero-order chi connectivity index (χ0) is 23.0. The third kappa shape index (κ3) is 4.29. The van der Waals surface area contributed by atoms with Crippen molar-refractivity contribution in [2.45, 2.75) is 37.6 Å². The monoisotopic (exact) mass is 466 g/mol. The molecule has 3 aromatic rings. The lowest BCUT2D eigenvalue weighted by atomic mass is 9.97. The average Bonchev–Trinajstić information content (AvgIpc) is 3.10. The summed E-state index contributed by atoms with van der Waals surface area (Å²) in [6, 6.07) is 11.1. The number of rotatable bonds is 4. The molecule has 32 heavy (non-hydrogen) atoms. The largest absolute Gasteiger partial charge is 0.410 e. The SMILES string of the molecule is C[C@H](NC(=O)c1nn2c(c1Cl)N[C@@H](c1ccc(F)cc1)C[C@@H]2C(F)(F)F)c1ccccc1. The Morgan fingerprint density at radius 2 is 1.84 bits per heavy atom. The van der Waals surface area contributed by atoms with E-state index >= 15 is 0 Å². The minimum atomic E-state index is -4.63. The van der Waals surface area contributed by atoms with Crippen LogP contribution in [0.15, 0.2) is 54.6 Å². The number of amides is 1. The predicted molar refractivity (Wildman–Crippen MR) is 112 cm³/mol. The Morgan fingerprint density at radius 3 is 2.47 bits per heavy atom. The van der Waals surface area contributed by atoms with E-state index in [1.54, 1.807) is 6.92 Å². The summed E-state index contributed by atoms with van der Waals surface area (Å²) < 4.78 is 55.5. The zero-order valence-corrected chi connectivity index (χ0v) is 17.6. The molecule has 0 spiro atoms. The lowest BCUT2D eigenvalue weighted by Gasteiger charge is -2.33. The van der Waals surface area contributed by atoms with Gasteiger partial charge in [0.2, 0.25) is 0 Å². The summed E-state index contributed by atoms with van der Waals surface area (Å²) in [6.07, 6.45) is -5.02. The molecule has 2 N–H and O–H groups in total. The van der Waals surface area contributed by atoms with E-state index in [0.717, 1.165) is 5.56 Å². The summed E-state index contributed by atoms with van der Waals surface area (Å²) in [4.78, 5) is 12.8. The molecule has 3 atom stereocenters. The maximum atomic E-state index is 13.9. The molecule has 2 heterocycles. The fourth-order valence-electron chi connectivity index (χ4n) is 3.74. The molecule has 1 aliphatic heterocycles. The van der Waals surface area contributed by atoms with E-state index in [2.05, 4.69) is 15.7 Å². The third-order valence-corrected chi connectivity index (χ3v) is 5.79. The Kier molecular flexibility index (Phi) is 5.85. The Balaban J connectivity index is 1.66. The van der Waals surface area contributed by atoms with E-state index in [0.29, 0.717) is 10.2 Å². The van der Waals surface area contributed by atoms with Crippen molar-refractivity contribution in [1.29, 1.82) is 0 Å². The van der Waals surface area contributed by atoms with Crippen LogP contribution in [0.3, 0.4) is 0 Å². The summed E-state index contributed by atoms with van der Waals surface area (Å²) in [5, 5.41) is 9.36. The van der Waals surface area contributed by atoms with Crippen molar-refractivity contribution in [3.8, 4) is 0 Å². The summed E-state index contributed by atoms with van der Waals surface area (Å²) in [6.45, 7) is 1.75. The molecular formula is C22H19ClF4N4O. The highest BCUT2D eigenvalue weighted by Gasteiger charge is 2.47. The van der Waals surface area contributed by atoms with Crippen molar-refractivity contribution in [2.75, 3.05) is 5.32 Å². The van der Waals surface area contributed by atoms with Gasteiger partial charge in [-0.05, 0) is 30.2 Å². The van der Waals surface area contributed by atoms with Crippen LogP contribution in [0.2, 0.25) is 5.02 Å². The molecule has 0 bridgehead atoms. The molecule has 2 aromatic carbocycles. The fraction of sp³-hybridized carbons (Fsp3) is 0.273. The Bertz CT molecular complexity index is 1120. The van der Waals surface area contributed by atoms with E-state index in [-0.39, 0.29) is 23.0 Å². The number of carbonyl (C=O) groups excluding carboxylic acids is 1. The number of alkyl halides is 3. The molecule has 4 rings (SSSR count). The highest BCUT2D eigenvalue weighted by molar-refractivity contribution is 6.36. The van der Waals surface area contributed by atoms with Crippen LogP contribution < -0.4 is 10.6 Å². The van der Waals surface area contributed by atoms with E-state index < -0.39 is 36.0 Å². The third-order valence-electron chi connectivity index (χ3n) is 5.43. The molecule has 5 nitrogen and oxygen atoms in total. The summed E-state index contributed by atoms with van der Waals surface area (Å²) in [5.74, 6) is -1.28. The Labute approximate surface area is 186 Å². The van der Waals surface area contributed by atoms with Crippen molar-refractivity contribution in [1.82, 2.24) is 15.1 Å². The zero-order valence-electron chi connectivity index (χ0n) is 16.8. The molecule has 0 aliphatic carbocycles. The molecule has 0 fully saturated rings. The molecule has 0 saturated heterocycles. The number of hydrogen-bond acceptors (Lipinski definition) is 3. The first-order valence-corrected chi connectivity index (χ1v) is 10.3. The minimum Gasteiger partial charge on any atom is -0.362 e. The van der Waals surface area contributed by atoms with Gasteiger partial charge in [0.25, 0.3) is 5.91 Å². The van der Waals surface area contributed by atoms with Crippen LogP contribution in [0.5, 0.6) is 0 Å². The van der Waals surface area contributed by atoms with Crippen LogP contribution >= 0.6 is 11.6 Å². The predicted octanol–water partition coefficient (Wildman–Crippen LogP) is 5.83. The quantitative estimate of drug-likeness (QED) is 0.476. The number of carbonyl (C=O) groups is 1. The summed E-state index contributed by atoms with van der Waals surface area (Å²) >= 11 is 6.33. The van der Waals surface area contributed by atoms with E-state index in [9.17, 15) is 22.4 Å². The van der Waals surface area contributed by atoms with Crippen molar-refractivity contribution in [2.24, 2.45) is 0 Å². The number of nitrogens with zero attached hydrogens (tertiary/aromatic N) is 2. The van der Waals surface area contributed by atoms with E-state index in [1.807, 2.05) is 30.3 Å². The molecule has 168 valence electrons. The van der Waals surface area contributed by atoms with Gasteiger partial charge < -0.3 is 10.6 Å². The average molecular weight is 467 g/mol. The maximum Gasteiger partial charge on any atom is 0.410 e. The van der Waals surface area contributed by atoms with Crippen LogP contribution in [-0.4, -0.2) is 21.9 Å². The first kappa shape index (κ1) is 22.1. The van der Waals surface area contributed by atoms with Gasteiger partial charge in [-0.1, -0.05) is 54.1 Å². The highest BCUT2D eigenvalue weighted by Crippen LogP contribution is 2.46. The van der Waals surface area contributed by atoms with Gasteiger partial charge in [-0.15, -0.1) is 0 Å². The molecule has 1 amide bonds. The summed E-state index contributed by atoms with van der Waals surface area (Å²) in [7, 11) is 0. The van der Waals surface area contributed by atoms with E-state index in [4.69, 9.17) is 11.6 Å². The van der Waals surface area contributed by atoms with Gasteiger partial charge >= 0.3 is 6.18 Å². The molecule has 0 unspecified atom stereocenters. The molecular weight excluding hydrogens is 448 g/mol.